The highest BCUT2D eigenvalue weighted by Crippen LogP contribution is 2.40. The minimum absolute atomic E-state index is 0.128. The van der Waals surface area contributed by atoms with Crippen LogP contribution < -0.4 is 0 Å². The first-order valence-corrected chi connectivity index (χ1v) is 8.62. The highest BCUT2D eigenvalue weighted by Gasteiger charge is 2.30. The first kappa shape index (κ1) is 16.3. The lowest BCUT2D eigenvalue weighted by atomic mass is 9.93. The molecule has 0 aromatic heterocycles. The van der Waals surface area contributed by atoms with Crippen LogP contribution in [0.2, 0.25) is 10.0 Å². The van der Waals surface area contributed by atoms with E-state index in [4.69, 9.17) is 27.9 Å². The fourth-order valence-corrected chi connectivity index (χ4v) is 3.29. The molecule has 2 aromatic rings. The van der Waals surface area contributed by atoms with Crippen LogP contribution in [0.25, 0.3) is 0 Å². The largest absolute Gasteiger partial charge is 0.393 e. The van der Waals surface area contributed by atoms with E-state index in [0.29, 0.717) is 22.9 Å². The molecule has 0 amide bonds. The van der Waals surface area contributed by atoms with Gasteiger partial charge in [0.25, 0.3) is 0 Å². The average Bonchev–Trinajstić information content (AvgIpc) is 2.50. The molecule has 5 heteroatoms. The van der Waals surface area contributed by atoms with Crippen molar-refractivity contribution < 1.29 is 9.84 Å². The number of ether oxygens (including phenoxy) is 1. The highest BCUT2D eigenvalue weighted by atomic mass is 79.9. The monoisotopic (exact) mass is 400 g/mol. The van der Waals surface area contributed by atoms with Crippen molar-refractivity contribution in [2.45, 2.75) is 31.2 Å². The predicted octanol–water partition coefficient (Wildman–Crippen LogP) is 5.71. The van der Waals surface area contributed by atoms with Crippen LogP contribution in [0.4, 0.5) is 0 Å². The summed E-state index contributed by atoms with van der Waals surface area (Å²) >= 11 is 15.5. The van der Waals surface area contributed by atoms with Crippen molar-refractivity contribution in [1.82, 2.24) is 0 Å². The Labute approximate surface area is 148 Å². The number of benzene rings is 2. The van der Waals surface area contributed by atoms with Crippen LogP contribution in [0, 0.1) is 0 Å². The molecular formula is C17H15BrCl2O2. The quantitative estimate of drug-likeness (QED) is 0.698. The summed E-state index contributed by atoms with van der Waals surface area (Å²) in [6.07, 6.45) is 0.440. The molecule has 3 atom stereocenters. The summed E-state index contributed by atoms with van der Waals surface area (Å²) in [6.45, 7) is 0. The van der Waals surface area contributed by atoms with Gasteiger partial charge < -0.3 is 9.84 Å². The van der Waals surface area contributed by atoms with Crippen molar-refractivity contribution in [3.05, 3.63) is 68.1 Å². The van der Waals surface area contributed by atoms with E-state index in [-0.39, 0.29) is 12.2 Å². The van der Waals surface area contributed by atoms with Crippen molar-refractivity contribution in [3.8, 4) is 0 Å². The molecule has 116 valence electrons. The third kappa shape index (κ3) is 3.66. The fourth-order valence-electron chi connectivity index (χ4n) is 2.72. The van der Waals surface area contributed by atoms with Crippen LogP contribution in [0.5, 0.6) is 0 Å². The molecule has 3 rings (SSSR count). The van der Waals surface area contributed by atoms with Crippen molar-refractivity contribution in [1.29, 1.82) is 0 Å². The zero-order valence-corrected chi connectivity index (χ0v) is 14.8. The van der Waals surface area contributed by atoms with Crippen LogP contribution in [0.15, 0.2) is 46.9 Å². The molecule has 1 N–H and O–H groups in total. The van der Waals surface area contributed by atoms with Crippen LogP contribution >= 0.6 is 39.1 Å². The predicted molar refractivity (Wildman–Crippen MR) is 92.4 cm³/mol. The summed E-state index contributed by atoms with van der Waals surface area (Å²) in [5.74, 6) is 0. The molecule has 0 unspecified atom stereocenters. The van der Waals surface area contributed by atoms with Gasteiger partial charge in [0.2, 0.25) is 0 Å². The van der Waals surface area contributed by atoms with Gasteiger partial charge in [0.15, 0.2) is 0 Å². The summed E-state index contributed by atoms with van der Waals surface area (Å²) in [5, 5.41) is 11.2. The smallest absolute Gasteiger partial charge is 0.0858 e. The molecule has 22 heavy (non-hydrogen) atoms. The molecule has 1 aliphatic rings. The Morgan fingerprint density at radius 2 is 1.50 bits per heavy atom. The van der Waals surface area contributed by atoms with E-state index in [0.717, 1.165) is 15.6 Å². The van der Waals surface area contributed by atoms with E-state index in [1.165, 1.54) is 0 Å². The minimum Gasteiger partial charge on any atom is -0.393 e. The third-order valence-electron chi connectivity index (χ3n) is 3.86. The Bertz CT molecular complexity index is 660. The second kappa shape index (κ2) is 6.90. The van der Waals surface area contributed by atoms with Crippen LogP contribution in [0.3, 0.4) is 0 Å². The van der Waals surface area contributed by atoms with Gasteiger partial charge in [0.1, 0.15) is 0 Å². The van der Waals surface area contributed by atoms with E-state index in [1.807, 2.05) is 36.4 Å². The number of hydrogen-bond donors (Lipinski definition) is 1. The van der Waals surface area contributed by atoms with E-state index < -0.39 is 6.10 Å². The minimum atomic E-state index is -0.401. The zero-order valence-electron chi connectivity index (χ0n) is 11.7. The molecule has 0 bridgehead atoms. The van der Waals surface area contributed by atoms with E-state index in [2.05, 4.69) is 15.9 Å². The van der Waals surface area contributed by atoms with Gasteiger partial charge >= 0.3 is 0 Å². The van der Waals surface area contributed by atoms with Gasteiger partial charge in [-0.2, -0.15) is 0 Å². The second-order valence-corrected chi connectivity index (χ2v) is 7.19. The topological polar surface area (TPSA) is 29.5 Å². The maximum atomic E-state index is 10.2. The summed E-state index contributed by atoms with van der Waals surface area (Å²) < 4.78 is 7.21. The number of hydrogen-bond acceptors (Lipinski definition) is 2. The van der Waals surface area contributed by atoms with Gasteiger partial charge in [-0.05, 0) is 35.4 Å². The average molecular weight is 402 g/mol. The number of aliphatic hydroxyl groups excluding tert-OH is 1. The normalized spacial score (nSPS) is 25.2. The summed E-state index contributed by atoms with van der Waals surface area (Å²) in [4.78, 5) is 0. The number of halogens is 3. The van der Waals surface area contributed by atoms with E-state index in [1.54, 1.807) is 6.07 Å². The fraction of sp³-hybridized carbons (Fsp3) is 0.294. The Balaban J connectivity index is 1.84. The summed E-state index contributed by atoms with van der Waals surface area (Å²) in [6, 6.07) is 13.5. The van der Waals surface area contributed by atoms with Gasteiger partial charge in [-0.3, -0.25) is 0 Å². The van der Waals surface area contributed by atoms with Crippen molar-refractivity contribution in [2.75, 3.05) is 0 Å². The molecule has 2 aromatic carbocycles. The Hall–Kier alpha value is -0.580. The van der Waals surface area contributed by atoms with E-state index in [9.17, 15) is 5.11 Å². The maximum Gasteiger partial charge on any atom is 0.0858 e. The Morgan fingerprint density at radius 1 is 0.909 bits per heavy atom. The van der Waals surface area contributed by atoms with Crippen LogP contribution in [-0.2, 0) is 4.74 Å². The maximum absolute atomic E-state index is 10.2. The number of rotatable bonds is 2. The molecule has 1 fully saturated rings. The Kier molecular flexibility index (Phi) is 5.10. The molecule has 1 heterocycles. The standard InChI is InChI=1S/C17H15BrCl2O2/c18-12-4-1-10(2-5-12)16-8-13(21)9-17(22-16)11-3-6-14(19)15(20)7-11/h1-7,13,16-17,21H,8-9H2/t13-,16-,17+/m0/s1. The number of aliphatic hydroxyl groups is 1. The van der Waals surface area contributed by atoms with Crippen LogP contribution in [0.1, 0.15) is 36.2 Å². The van der Waals surface area contributed by atoms with Crippen molar-refractivity contribution in [3.63, 3.8) is 0 Å². The SMILES string of the molecule is O[C@H]1C[C@@H](c2ccc(Br)cc2)O[C@@H](c2ccc(Cl)c(Cl)c2)C1. The van der Waals surface area contributed by atoms with Gasteiger partial charge in [0, 0.05) is 17.3 Å². The highest BCUT2D eigenvalue weighted by molar-refractivity contribution is 9.10. The summed E-state index contributed by atoms with van der Waals surface area (Å²) in [5.41, 5.74) is 2.00. The lowest BCUT2D eigenvalue weighted by Gasteiger charge is -2.34. The first-order chi connectivity index (χ1) is 10.5. The molecule has 0 aliphatic carbocycles. The van der Waals surface area contributed by atoms with Crippen LogP contribution in [-0.4, -0.2) is 11.2 Å². The van der Waals surface area contributed by atoms with Crippen molar-refractivity contribution >= 4 is 39.1 Å². The molecule has 0 saturated carbocycles. The van der Waals surface area contributed by atoms with Gasteiger partial charge in [-0.25, -0.2) is 0 Å². The molecule has 1 saturated heterocycles. The van der Waals surface area contributed by atoms with E-state index >= 15 is 0 Å². The molecule has 1 aliphatic heterocycles. The molecule has 0 radical (unpaired) electrons. The second-order valence-electron chi connectivity index (χ2n) is 5.46. The van der Waals surface area contributed by atoms with Gasteiger partial charge in [0.05, 0.1) is 28.4 Å². The van der Waals surface area contributed by atoms with Crippen molar-refractivity contribution in [2.24, 2.45) is 0 Å². The third-order valence-corrected chi connectivity index (χ3v) is 5.13. The zero-order chi connectivity index (χ0) is 15.7. The Morgan fingerprint density at radius 3 is 2.14 bits per heavy atom. The summed E-state index contributed by atoms with van der Waals surface area (Å²) in [7, 11) is 0. The van der Waals surface area contributed by atoms with Gasteiger partial charge in [-0.1, -0.05) is 57.3 Å². The lowest BCUT2D eigenvalue weighted by Crippen LogP contribution is -2.26. The molecular weight excluding hydrogens is 387 g/mol. The first-order valence-electron chi connectivity index (χ1n) is 7.07. The lowest BCUT2D eigenvalue weighted by molar-refractivity contribution is -0.0998. The van der Waals surface area contributed by atoms with Gasteiger partial charge in [-0.15, -0.1) is 0 Å². The molecule has 0 spiro atoms. The molecule has 2 nitrogen and oxygen atoms in total.